The standard InChI is InChI=1S/C23H21ClN2O3/c1-29-20-9-5-8-19(15-20)25-23(28)21(14-16-6-3-2-4-7-16)26-22(27)17-10-12-18(24)13-11-17/h2-13,15,21H,14H2,1H3,(H,25,28)(H,26,27). The largest absolute Gasteiger partial charge is 0.497 e. The predicted molar refractivity (Wildman–Crippen MR) is 114 cm³/mol. The van der Waals surface area contributed by atoms with Crippen molar-refractivity contribution in [3.05, 3.63) is 95.0 Å². The molecule has 0 aliphatic carbocycles. The maximum atomic E-state index is 12.9. The van der Waals surface area contributed by atoms with Crippen LogP contribution in [0.25, 0.3) is 0 Å². The van der Waals surface area contributed by atoms with Gasteiger partial charge in [0.15, 0.2) is 0 Å². The number of ether oxygens (including phenoxy) is 1. The maximum absolute atomic E-state index is 12.9. The average Bonchev–Trinajstić information content (AvgIpc) is 2.74. The van der Waals surface area contributed by atoms with Gasteiger partial charge in [0.2, 0.25) is 5.91 Å². The number of nitrogens with one attached hydrogen (secondary N) is 2. The molecule has 0 aliphatic heterocycles. The fourth-order valence-corrected chi connectivity index (χ4v) is 2.96. The molecule has 1 unspecified atom stereocenters. The Morgan fingerprint density at radius 1 is 0.966 bits per heavy atom. The number of hydrogen-bond donors (Lipinski definition) is 2. The van der Waals surface area contributed by atoms with Crippen molar-refractivity contribution >= 4 is 29.1 Å². The van der Waals surface area contributed by atoms with Crippen LogP contribution in [0.4, 0.5) is 5.69 Å². The van der Waals surface area contributed by atoms with Crippen molar-refractivity contribution in [3.63, 3.8) is 0 Å². The third-order valence-corrected chi connectivity index (χ3v) is 4.60. The second-order valence-corrected chi connectivity index (χ2v) is 6.88. The smallest absolute Gasteiger partial charge is 0.251 e. The molecule has 3 aromatic rings. The van der Waals surface area contributed by atoms with Gasteiger partial charge in [0.1, 0.15) is 11.8 Å². The van der Waals surface area contributed by atoms with Crippen LogP contribution in [0, 0.1) is 0 Å². The number of carbonyl (C=O) groups is 2. The molecular formula is C23H21ClN2O3. The lowest BCUT2D eigenvalue weighted by Gasteiger charge is -2.19. The highest BCUT2D eigenvalue weighted by Crippen LogP contribution is 2.17. The van der Waals surface area contributed by atoms with E-state index in [0.717, 1.165) is 5.56 Å². The Morgan fingerprint density at radius 3 is 2.38 bits per heavy atom. The predicted octanol–water partition coefficient (Wildman–Crippen LogP) is 4.33. The molecule has 3 rings (SSSR count). The first-order chi connectivity index (χ1) is 14.0. The second kappa shape index (κ2) is 9.75. The van der Waals surface area contributed by atoms with Crippen LogP contribution in [-0.4, -0.2) is 25.0 Å². The second-order valence-electron chi connectivity index (χ2n) is 6.44. The molecule has 29 heavy (non-hydrogen) atoms. The first-order valence-electron chi connectivity index (χ1n) is 9.10. The van der Waals surface area contributed by atoms with Crippen molar-refractivity contribution in [2.45, 2.75) is 12.5 Å². The van der Waals surface area contributed by atoms with E-state index in [2.05, 4.69) is 10.6 Å². The molecular weight excluding hydrogens is 388 g/mol. The van der Waals surface area contributed by atoms with Crippen molar-refractivity contribution in [1.29, 1.82) is 0 Å². The highest BCUT2D eigenvalue weighted by atomic mass is 35.5. The van der Waals surface area contributed by atoms with Crippen LogP contribution in [-0.2, 0) is 11.2 Å². The summed E-state index contributed by atoms with van der Waals surface area (Å²) >= 11 is 5.89. The fraction of sp³-hybridized carbons (Fsp3) is 0.130. The SMILES string of the molecule is COc1cccc(NC(=O)C(Cc2ccccc2)NC(=O)c2ccc(Cl)cc2)c1. The van der Waals surface area contributed by atoms with Crippen molar-refractivity contribution in [2.75, 3.05) is 12.4 Å². The van der Waals surface area contributed by atoms with Crippen molar-refractivity contribution in [1.82, 2.24) is 5.32 Å². The van der Waals surface area contributed by atoms with E-state index in [0.29, 0.717) is 28.4 Å². The Balaban J connectivity index is 1.78. The summed E-state index contributed by atoms with van der Waals surface area (Å²) in [5.41, 5.74) is 1.96. The molecule has 0 spiro atoms. The van der Waals surface area contributed by atoms with E-state index in [1.54, 1.807) is 55.6 Å². The molecule has 5 nitrogen and oxygen atoms in total. The Kier molecular flexibility index (Phi) is 6.87. The molecule has 0 aromatic heterocycles. The van der Waals surface area contributed by atoms with E-state index in [9.17, 15) is 9.59 Å². The van der Waals surface area contributed by atoms with Gasteiger partial charge >= 0.3 is 0 Å². The highest BCUT2D eigenvalue weighted by Gasteiger charge is 2.22. The van der Waals surface area contributed by atoms with Crippen LogP contribution in [0.5, 0.6) is 5.75 Å². The first-order valence-corrected chi connectivity index (χ1v) is 9.48. The summed E-state index contributed by atoms with van der Waals surface area (Å²) in [6.07, 6.45) is 0.357. The minimum atomic E-state index is -0.758. The number of amides is 2. The molecule has 3 aromatic carbocycles. The molecule has 0 bridgehead atoms. The van der Waals surface area contributed by atoms with Gasteiger partial charge in [-0.25, -0.2) is 0 Å². The van der Waals surface area contributed by atoms with Crippen LogP contribution in [0.2, 0.25) is 5.02 Å². The molecule has 2 amide bonds. The van der Waals surface area contributed by atoms with Gasteiger partial charge < -0.3 is 15.4 Å². The van der Waals surface area contributed by atoms with E-state index in [-0.39, 0.29) is 11.8 Å². The Labute approximate surface area is 174 Å². The minimum Gasteiger partial charge on any atom is -0.497 e. The van der Waals surface area contributed by atoms with Gasteiger partial charge in [0, 0.05) is 28.8 Å². The minimum absolute atomic E-state index is 0.315. The van der Waals surface area contributed by atoms with Crippen molar-refractivity contribution in [2.24, 2.45) is 0 Å². The van der Waals surface area contributed by atoms with Crippen LogP contribution in [0.3, 0.4) is 0 Å². The van der Waals surface area contributed by atoms with Gasteiger partial charge in [-0.05, 0) is 42.0 Å². The zero-order valence-electron chi connectivity index (χ0n) is 15.9. The van der Waals surface area contributed by atoms with E-state index in [1.165, 1.54) is 0 Å². The van der Waals surface area contributed by atoms with Gasteiger partial charge in [-0.1, -0.05) is 48.0 Å². The molecule has 2 N–H and O–H groups in total. The molecule has 0 saturated carbocycles. The van der Waals surface area contributed by atoms with Crippen LogP contribution in [0.1, 0.15) is 15.9 Å². The monoisotopic (exact) mass is 408 g/mol. The van der Waals surface area contributed by atoms with Crippen LogP contribution >= 0.6 is 11.6 Å². The van der Waals surface area contributed by atoms with Gasteiger partial charge in [-0.3, -0.25) is 9.59 Å². The van der Waals surface area contributed by atoms with E-state index < -0.39 is 6.04 Å². The molecule has 0 heterocycles. The molecule has 6 heteroatoms. The molecule has 0 radical (unpaired) electrons. The Morgan fingerprint density at radius 2 is 1.69 bits per heavy atom. The molecule has 1 atom stereocenters. The van der Waals surface area contributed by atoms with Gasteiger partial charge in [-0.2, -0.15) is 0 Å². The number of anilines is 1. The average molecular weight is 409 g/mol. The Hall–Kier alpha value is -3.31. The van der Waals surface area contributed by atoms with Crippen LogP contribution < -0.4 is 15.4 Å². The first kappa shape index (κ1) is 20.4. The zero-order chi connectivity index (χ0) is 20.6. The Bertz CT molecular complexity index is 975. The lowest BCUT2D eigenvalue weighted by atomic mass is 10.0. The maximum Gasteiger partial charge on any atom is 0.251 e. The van der Waals surface area contributed by atoms with Crippen molar-refractivity contribution < 1.29 is 14.3 Å². The molecule has 0 fully saturated rings. The van der Waals surface area contributed by atoms with E-state index in [1.807, 2.05) is 30.3 Å². The quantitative estimate of drug-likeness (QED) is 0.611. The lowest BCUT2D eigenvalue weighted by molar-refractivity contribution is -0.118. The summed E-state index contributed by atoms with van der Waals surface area (Å²) in [5, 5.41) is 6.21. The third kappa shape index (κ3) is 5.83. The van der Waals surface area contributed by atoms with Gasteiger partial charge in [0.05, 0.1) is 7.11 Å². The molecule has 148 valence electrons. The highest BCUT2D eigenvalue weighted by molar-refractivity contribution is 6.30. The number of hydrogen-bond acceptors (Lipinski definition) is 3. The van der Waals surface area contributed by atoms with Crippen molar-refractivity contribution in [3.8, 4) is 5.75 Å². The summed E-state index contributed by atoms with van der Waals surface area (Å²) < 4.78 is 5.19. The summed E-state index contributed by atoms with van der Waals surface area (Å²) in [6, 6.07) is 22.4. The number of carbonyl (C=O) groups excluding carboxylic acids is 2. The summed E-state index contributed by atoms with van der Waals surface area (Å²) in [4.78, 5) is 25.6. The zero-order valence-corrected chi connectivity index (χ0v) is 16.6. The molecule has 0 aliphatic rings. The van der Waals surface area contributed by atoms with E-state index in [4.69, 9.17) is 16.3 Å². The summed E-state index contributed by atoms with van der Waals surface area (Å²) in [7, 11) is 1.56. The number of rotatable bonds is 7. The normalized spacial score (nSPS) is 11.4. The lowest BCUT2D eigenvalue weighted by Crippen LogP contribution is -2.45. The topological polar surface area (TPSA) is 67.4 Å². The third-order valence-electron chi connectivity index (χ3n) is 4.35. The van der Waals surface area contributed by atoms with Crippen LogP contribution in [0.15, 0.2) is 78.9 Å². The summed E-state index contributed by atoms with van der Waals surface area (Å²) in [6.45, 7) is 0. The van der Waals surface area contributed by atoms with E-state index >= 15 is 0 Å². The fourth-order valence-electron chi connectivity index (χ4n) is 2.83. The number of benzene rings is 3. The van der Waals surface area contributed by atoms with Gasteiger partial charge in [0.25, 0.3) is 5.91 Å². The van der Waals surface area contributed by atoms with Gasteiger partial charge in [-0.15, -0.1) is 0 Å². The number of methoxy groups -OCH3 is 1. The number of halogens is 1. The molecule has 0 saturated heterocycles. The summed E-state index contributed by atoms with van der Waals surface area (Å²) in [5.74, 6) is -0.0274.